The fourth-order valence-electron chi connectivity index (χ4n) is 5.24. The first kappa shape index (κ1) is 23.9. The Labute approximate surface area is 192 Å². The molecule has 0 bridgehead atoms. The summed E-state index contributed by atoms with van der Waals surface area (Å²) in [6.45, 7) is 5.37. The molecule has 7 heteroatoms. The Morgan fingerprint density at radius 2 is 1.70 bits per heavy atom. The van der Waals surface area contributed by atoms with Crippen LogP contribution in [0.5, 0.6) is 5.75 Å². The molecule has 4 rings (SSSR count). The standard InChI is InChI=1S/C26H32F3NO3/c1-16-3-8-21(9-4-16)33-23-10-7-18-5-6-20(15-22(18)24(23)26(27,28)29)17(2)30-13-11-19(12-14-30)25(31)32/h5-7,10,15-17,19,21H,3-4,8-9,11-14H2,1-2H3,(H,31,32). The molecule has 0 amide bonds. The van der Waals surface area contributed by atoms with Gasteiger partial charge in [0.05, 0.1) is 12.0 Å². The quantitative estimate of drug-likeness (QED) is 0.538. The Morgan fingerprint density at radius 3 is 2.30 bits per heavy atom. The fraction of sp³-hybridized carbons (Fsp3) is 0.577. The molecule has 1 saturated heterocycles. The van der Waals surface area contributed by atoms with E-state index in [1.807, 2.05) is 13.0 Å². The number of rotatable bonds is 5. The highest BCUT2D eigenvalue weighted by atomic mass is 19.4. The van der Waals surface area contributed by atoms with Crippen LogP contribution in [0.3, 0.4) is 0 Å². The lowest BCUT2D eigenvalue weighted by Gasteiger charge is -2.35. The maximum Gasteiger partial charge on any atom is 0.420 e. The number of alkyl halides is 3. The molecule has 0 radical (unpaired) electrons. The number of likely N-dealkylation sites (tertiary alicyclic amines) is 1. The van der Waals surface area contributed by atoms with Crippen molar-refractivity contribution in [3.8, 4) is 5.75 Å². The van der Waals surface area contributed by atoms with Crippen LogP contribution in [0.25, 0.3) is 10.8 Å². The molecular weight excluding hydrogens is 431 g/mol. The second-order valence-electron chi connectivity index (χ2n) is 9.74. The Kier molecular flexibility index (Phi) is 6.89. The van der Waals surface area contributed by atoms with E-state index >= 15 is 0 Å². The number of aliphatic carboxylic acids is 1. The Balaban J connectivity index is 1.63. The predicted molar refractivity (Wildman–Crippen MR) is 121 cm³/mol. The Bertz CT molecular complexity index is 990. The molecular formula is C26H32F3NO3. The van der Waals surface area contributed by atoms with Crippen LogP contribution < -0.4 is 4.74 Å². The van der Waals surface area contributed by atoms with Crippen molar-refractivity contribution in [1.29, 1.82) is 0 Å². The van der Waals surface area contributed by atoms with E-state index in [4.69, 9.17) is 4.74 Å². The predicted octanol–water partition coefficient (Wildman–Crippen LogP) is 6.67. The number of carboxylic acid groups (broad SMARTS) is 1. The number of ether oxygens (including phenoxy) is 1. The molecule has 1 heterocycles. The summed E-state index contributed by atoms with van der Waals surface area (Å²) in [6, 6.07) is 8.32. The average molecular weight is 464 g/mol. The van der Waals surface area contributed by atoms with Crippen molar-refractivity contribution in [3.63, 3.8) is 0 Å². The molecule has 0 spiro atoms. The third-order valence-electron chi connectivity index (χ3n) is 7.46. The number of hydrogen-bond donors (Lipinski definition) is 1. The molecule has 0 aromatic heterocycles. The average Bonchev–Trinajstić information content (AvgIpc) is 2.78. The first-order valence-corrected chi connectivity index (χ1v) is 11.9. The highest BCUT2D eigenvalue weighted by Gasteiger charge is 2.38. The van der Waals surface area contributed by atoms with Crippen LogP contribution in [0.4, 0.5) is 13.2 Å². The first-order valence-electron chi connectivity index (χ1n) is 11.9. The summed E-state index contributed by atoms with van der Waals surface area (Å²) in [5.74, 6) is -0.609. The van der Waals surface area contributed by atoms with E-state index in [1.165, 1.54) is 6.07 Å². The van der Waals surface area contributed by atoms with E-state index in [1.54, 1.807) is 18.2 Å². The van der Waals surface area contributed by atoms with Crippen molar-refractivity contribution < 1.29 is 27.8 Å². The van der Waals surface area contributed by atoms with Crippen LogP contribution >= 0.6 is 0 Å². The third kappa shape index (κ3) is 5.29. The lowest BCUT2D eigenvalue weighted by atomic mass is 9.89. The fourth-order valence-corrected chi connectivity index (χ4v) is 5.24. The molecule has 1 N–H and O–H groups in total. The van der Waals surface area contributed by atoms with E-state index in [9.17, 15) is 23.1 Å². The van der Waals surface area contributed by atoms with Gasteiger partial charge in [-0.2, -0.15) is 13.2 Å². The maximum absolute atomic E-state index is 14.3. The smallest absolute Gasteiger partial charge is 0.420 e. The van der Waals surface area contributed by atoms with Crippen LogP contribution in [0.15, 0.2) is 30.3 Å². The van der Waals surface area contributed by atoms with Gasteiger partial charge in [-0.3, -0.25) is 9.69 Å². The van der Waals surface area contributed by atoms with Crippen LogP contribution in [0, 0.1) is 11.8 Å². The number of halogens is 3. The third-order valence-corrected chi connectivity index (χ3v) is 7.46. The monoisotopic (exact) mass is 463 g/mol. The van der Waals surface area contributed by atoms with Gasteiger partial charge in [0.15, 0.2) is 0 Å². The van der Waals surface area contributed by atoms with E-state index < -0.39 is 17.7 Å². The number of benzene rings is 2. The van der Waals surface area contributed by atoms with Crippen molar-refractivity contribution >= 4 is 16.7 Å². The number of fused-ring (bicyclic) bond motifs is 1. The zero-order valence-electron chi connectivity index (χ0n) is 19.2. The van der Waals surface area contributed by atoms with Gasteiger partial charge in [-0.15, -0.1) is 0 Å². The van der Waals surface area contributed by atoms with E-state index in [0.29, 0.717) is 37.2 Å². The summed E-state index contributed by atoms with van der Waals surface area (Å²) in [5.41, 5.74) is 0.0997. The van der Waals surface area contributed by atoms with Crippen molar-refractivity contribution in [2.45, 2.75) is 70.7 Å². The molecule has 2 aliphatic rings. The molecule has 2 aromatic carbocycles. The van der Waals surface area contributed by atoms with Gasteiger partial charge >= 0.3 is 12.1 Å². The molecule has 1 atom stereocenters. The van der Waals surface area contributed by atoms with Gasteiger partial charge in [-0.05, 0) is 92.9 Å². The number of piperidine rings is 1. The summed E-state index contributed by atoms with van der Waals surface area (Å²) < 4.78 is 48.7. The van der Waals surface area contributed by atoms with Gasteiger partial charge in [0.25, 0.3) is 0 Å². The molecule has 1 aliphatic carbocycles. The lowest BCUT2D eigenvalue weighted by Crippen LogP contribution is -2.37. The van der Waals surface area contributed by atoms with Crippen LogP contribution in [0.2, 0.25) is 0 Å². The highest BCUT2D eigenvalue weighted by Crippen LogP contribution is 2.43. The van der Waals surface area contributed by atoms with Gasteiger partial charge in [0.2, 0.25) is 0 Å². The zero-order valence-corrected chi connectivity index (χ0v) is 19.2. The van der Waals surface area contributed by atoms with Crippen LogP contribution in [-0.2, 0) is 11.0 Å². The minimum Gasteiger partial charge on any atom is -0.490 e. The zero-order chi connectivity index (χ0) is 23.8. The highest BCUT2D eigenvalue weighted by molar-refractivity contribution is 5.89. The summed E-state index contributed by atoms with van der Waals surface area (Å²) >= 11 is 0. The van der Waals surface area contributed by atoms with Gasteiger partial charge in [0.1, 0.15) is 11.3 Å². The van der Waals surface area contributed by atoms with Gasteiger partial charge in [-0.1, -0.05) is 25.1 Å². The van der Waals surface area contributed by atoms with E-state index in [0.717, 1.165) is 31.2 Å². The second kappa shape index (κ2) is 9.53. The molecule has 2 aromatic rings. The largest absolute Gasteiger partial charge is 0.490 e. The lowest BCUT2D eigenvalue weighted by molar-refractivity contribution is -0.143. The second-order valence-corrected chi connectivity index (χ2v) is 9.74. The van der Waals surface area contributed by atoms with Crippen molar-refractivity contribution in [1.82, 2.24) is 4.90 Å². The molecule has 1 saturated carbocycles. The molecule has 1 aliphatic heterocycles. The Hall–Kier alpha value is -2.28. The number of hydrogen-bond acceptors (Lipinski definition) is 3. The molecule has 180 valence electrons. The summed E-state index contributed by atoms with van der Waals surface area (Å²) in [6.07, 6.45) is -0.104. The van der Waals surface area contributed by atoms with Crippen molar-refractivity contribution in [2.75, 3.05) is 13.1 Å². The number of carboxylic acids is 1. The van der Waals surface area contributed by atoms with Gasteiger partial charge < -0.3 is 9.84 Å². The molecule has 1 unspecified atom stereocenters. The minimum absolute atomic E-state index is 0.0818. The molecule has 2 fully saturated rings. The molecule has 4 nitrogen and oxygen atoms in total. The summed E-state index contributed by atoms with van der Waals surface area (Å²) in [4.78, 5) is 13.4. The summed E-state index contributed by atoms with van der Waals surface area (Å²) in [5, 5.41) is 9.92. The van der Waals surface area contributed by atoms with E-state index in [-0.39, 0.29) is 29.2 Å². The number of carbonyl (C=O) groups is 1. The van der Waals surface area contributed by atoms with Crippen LogP contribution in [0.1, 0.15) is 69.5 Å². The molecule has 33 heavy (non-hydrogen) atoms. The SMILES string of the molecule is CC1CCC(Oc2ccc3ccc(C(C)N4CCC(C(=O)O)CC4)cc3c2C(F)(F)F)CC1. The Morgan fingerprint density at radius 1 is 1.06 bits per heavy atom. The topological polar surface area (TPSA) is 49.8 Å². The normalized spacial score (nSPS) is 24.0. The van der Waals surface area contributed by atoms with Crippen molar-refractivity contribution in [3.05, 3.63) is 41.5 Å². The van der Waals surface area contributed by atoms with Crippen molar-refractivity contribution in [2.24, 2.45) is 11.8 Å². The minimum atomic E-state index is -4.53. The van der Waals surface area contributed by atoms with Crippen LogP contribution in [-0.4, -0.2) is 35.2 Å². The summed E-state index contributed by atoms with van der Waals surface area (Å²) in [7, 11) is 0. The van der Waals surface area contributed by atoms with E-state index in [2.05, 4.69) is 11.8 Å². The maximum atomic E-state index is 14.3. The first-order chi connectivity index (χ1) is 15.6. The van der Waals surface area contributed by atoms with Gasteiger partial charge in [0, 0.05) is 6.04 Å². The number of nitrogens with zero attached hydrogens (tertiary/aromatic N) is 1. The van der Waals surface area contributed by atoms with Gasteiger partial charge in [-0.25, -0.2) is 0 Å².